The molecular weight excluding hydrogens is 440 g/mol. The molecule has 2 fully saturated rings. The van der Waals surface area contributed by atoms with Gasteiger partial charge in [0.15, 0.2) is 0 Å². The van der Waals surface area contributed by atoms with Crippen molar-refractivity contribution in [2.24, 2.45) is 11.5 Å². The number of nitrogens with two attached hydrogens (primary N) is 2. The van der Waals surface area contributed by atoms with Crippen LogP contribution in [0.15, 0.2) is 18.2 Å². The van der Waals surface area contributed by atoms with Crippen LogP contribution in [0.5, 0.6) is 5.75 Å². The van der Waals surface area contributed by atoms with Crippen LogP contribution in [0.4, 0.5) is 23.5 Å². The summed E-state index contributed by atoms with van der Waals surface area (Å²) in [6, 6.07) is 5.53. The minimum Gasteiger partial charge on any atom is -0.426 e. The van der Waals surface area contributed by atoms with Crippen LogP contribution in [0, 0.1) is 0 Å². The van der Waals surface area contributed by atoms with Gasteiger partial charge in [0.05, 0.1) is 18.6 Å². The van der Waals surface area contributed by atoms with E-state index < -0.39 is 18.0 Å². The second-order valence-corrected chi connectivity index (χ2v) is 9.36. The SMILES string of the molecule is CC1CC(=O)Oc2cc(Nc3nc(N4C[C@@H](O)[C@@H](O)C4)nc(N4CCCCC4(N)N)n3)ccc21. The second-order valence-electron chi connectivity index (χ2n) is 9.36. The number of hydrogen-bond donors (Lipinski definition) is 5. The topological polar surface area (TPSA) is 176 Å². The van der Waals surface area contributed by atoms with Crippen molar-refractivity contribution in [3.8, 4) is 5.75 Å². The first-order valence-electron chi connectivity index (χ1n) is 11.5. The molecule has 3 aliphatic rings. The molecule has 12 nitrogen and oxygen atoms in total. The first-order valence-corrected chi connectivity index (χ1v) is 11.5. The van der Waals surface area contributed by atoms with Gasteiger partial charge in [0.25, 0.3) is 0 Å². The van der Waals surface area contributed by atoms with Crippen LogP contribution in [0.25, 0.3) is 0 Å². The van der Waals surface area contributed by atoms with Crippen LogP contribution in [-0.4, -0.2) is 68.8 Å². The molecule has 1 aromatic carbocycles. The molecule has 0 saturated carbocycles. The third kappa shape index (κ3) is 4.37. The Labute approximate surface area is 196 Å². The zero-order valence-corrected chi connectivity index (χ0v) is 19.0. The minimum absolute atomic E-state index is 0.0787. The van der Waals surface area contributed by atoms with Crippen LogP contribution < -0.4 is 31.3 Å². The van der Waals surface area contributed by atoms with Crippen LogP contribution in [0.3, 0.4) is 0 Å². The number of nitrogens with one attached hydrogen (secondary N) is 1. The van der Waals surface area contributed by atoms with Crippen molar-refractivity contribution < 1.29 is 19.7 Å². The summed E-state index contributed by atoms with van der Waals surface area (Å²) in [5.74, 6) is 0.0679. The highest BCUT2D eigenvalue weighted by Crippen LogP contribution is 2.36. The lowest BCUT2D eigenvalue weighted by Gasteiger charge is -2.41. The number of piperidine rings is 1. The van der Waals surface area contributed by atoms with Gasteiger partial charge in [-0.2, -0.15) is 15.0 Å². The van der Waals surface area contributed by atoms with E-state index in [9.17, 15) is 15.0 Å². The Kier molecular flexibility index (Phi) is 5.76. The van der Waals surface area contributed by atoms with Gasteiger partial charge in [-0.3, -0.25) is 16.3 Å². The van der Waals surface area contributed by atoms with Gasteiger partial charge in [-0.15, -0.1) is 0 Å². The van der Waals surface area contributed by atoms with Gasteiger partial charge in [-0.05, 0) is 36.8 Å². The van der Waals surface area contributed by atoms with Crippen molar-refractivity contribution >= 4 is 29.5 Å². The van der Waals surface area contributed by atoms with E-state index in [-0.39, 0.29) is 30.9 Å². The fourth-order valence-corrected chi connectivity index (χ4v) is 4.67. The highest BCUT2D eigenvalue weighted by molar-refractivity contribution is 5.77. The molecule has 0 aliphatic carbocycles. The number of anilines is 4. The molecule has 34 heavy (non-hydrogen) atoms. The fourth-order valence-electron chi connectivity index (χ4n) is 4.67. The zero-order valence-electron chi connectivity index (χ0n) is 19.0. The Morgan fingerprint density at radius 2 is 1.85 bits per heavy atom. The van der Waals surface area contributed by atoms with Crippen LogP contribution >= 0.6 is 0 Å². The smallest absolute Gasteiger partial charge is 0.311 e. The van der Waals surface area contributed by atoms with E-state index >= 15 is 0 Å². The minimum atomic E-state index is -1.10. The Morgan fingerprint density at radius 3 is 2.59 bits per heavy atom. The lowest BCUT2D eigenvalue weighted by molar-refractivity contribution is -0.135. The van der Waals surface area contributed by atoms with Gasteiger partial charge in [-0.25, -0.2) is 0 Å². The number of hydrogen-bond acceptors (Lipinski definition) is 12. The monoisotopic (exact) mass is 470 g/mol. The van der Waals surface area contributed by atoms with E-state index in [4.69, 9.17) is 16.2 Å². The summed E-state index contributed by atoms with van der Waals surface area (Å²) >= 11 is 0. The number of aromatic nitrogens is 3. The number of aliphatic hydroxyl groups excluding tert-OH is 2. The average molecular weight is 471 g/mol. The van der Waals surface area contributed by atoms with Crippen molar-refractivity contribution in [2.75, 3.05) is 34.8 Å². The van der Waals surface area contributed by atoms with Crippen molar-refractivity contribution in [1.82, 2.24) is 15.0 Å². The third-order valence-corrected chi connectivity index (χ3v) is 6.60. The predicted molar refractivity (Wildman–Crippen MR) is 125 cm³/mol. The molecule has 4 heterocycles. The number of β-amino-alcohol motifs (C(OH)–C–C–N with tert-alkyl or cyclic N) is 2. The molecule has 2 aromatic rings. The molecule has 12 heteroatoms. The molecule has 1 aromatic heterocycles. The van der Waals surface area contributed by atoms with E-state index in [2.05, 4.69) is 20.3 Å². The molecule has 0 radical (unpaired) electrons. The van der Waals surface area contributed by atoms with Gasteiger partial charge in [-0.1, -0.05) is 13.0 Å². The summed E-state index contributed by atoms with van der Waals surface area (Å²) in [6.45, 7) is 2.95. The summed E-state index contributed by atoms with van der Waals surface area (Å²) < 4.78 is 5.42. The first-order chi connectivity index (χ1) is 16.2. The lowest BCUT2D eigenvalue weighted by atomic mass is 9.94. The van der Waals surface area contributed by atoms with Gasteiger partial charge < -0.3 is 30.1 Å². The zero-order chi connectivity index (χ0) is 24.0. The molecule has 0 amide bonds. The molecule has 3 atom stereocenters. The summed E-state index contributed by atoms with van der Waals surface area (Å²) in [5.41, 5.74) is 14.3. The van der Waals surface area contributed by atoms with Gasteiger partial charge in [0, 0.05) is 31.4 Å². The highest BCUT2D eigenvalue weighted by Gasteiger charge is 2.36. The lowest BCUT2D eigenvalue weighted by Crippen LogP contribution is -2.65. The van der Waals surface area contributed by atoms with Gasteiger partial charge in [0.1, 0.15) is 11.5 Å². The quantitative estimate of drug-likeness (QED) is 0.232. The van der Waals surface area contributed by atoms with Crippen LogP contribution in [-0.2, 0) is 4.79 Å². The highest BCUT2D eigenvalue weighted by atomic mass is 16.5. The first kappa shape index (κ1) is 22.7. The summed E-state index contributed by atoms with van der Waals surface area (Å²) in [4.78, 5) is 29.0. The Hall–Kier alpha value is -3.06. The summed E-state index contributed by atoms with van der Waals surface area (Å²) in [5, 5.41) is 23.2. The number of rotatable bonds is 4. The van der Waals surface area contributed by atoms with Crippen molar-refractivity contribution in [3.05, 3.63) is 23.8 Å². The summed E-state index contributed by atoms with van der Waals surface area (Å²) in [6.07, 6.45) is 0.952. The normalized spacial score (nSPS) is 26.3. The van der Waals surface area contributed by atoms with E-state index in [1.807, 2.05) is 19.1 Å². The number of carbonyl (C=O) groups excluding carboxylic acids is 1. The second kappa shape index (κ2) is 8.62. The van der Waals surface area contributed by atoms with Crippen LogP contribution in [0.1, 0.15) is 44.1 Å². The van der Waals surface area contributed by atoms with Gasteiger partial charge in [0.2, 0.25) is 17.8 Å². The maximum Gasteiger partial charge on any atom is 0.311 e. The number of ether oxygens (including phenoxy) is 1. The van der Waals surface area contributed by atoms with Crippen molar-refractivity contribution in [3.63, 3.8) is 0 Å². The molecule has 7 N–H and O–H groups in total. The average Bonchev–Trinajstić information content (AvgIpc) is 3.11. The van der Waals surface area contributed by atoms with Crippen LogP contribution in [0.2, 0.25) is 0 Å². The molecule has 1 unspecified atom stereocenters. The number of aliphatic hydroxyl groups is 2. The van der Waals surface area contributed by atoms with E-state index in [0.717, 1.165) is 18.4 Å². The number of fused-ring (bicyclic) bond motifs is 1. The Balaban J connectivity index is 1.49. The maximum atomic E-state index is 11.9. The van der Waals surface area contributed by atoms with E-state index in [1.54, 1.807) is 15.9 Å². The molecular formula is C22H30N8O4. The standard InChI is InChI=1S/C22H30N8O4/c1-12-8-18(33)34-17-9-13(4-5-14(12)17)25-19-26-20(29-10-15(31)16(32)11-29)28-21(27-19)30-7-3-2-6-22(30,23)24/h4-5,9,12,15-16,31-32H,2-3,6-8,10-11,23-24H2,1H3,(H,25,26,27,28)/t12?,15-,16+. The Bertz CT molecular complexity index is 1090. The van der Waals surface area contributed by atoms with E-state index in [0.29, 0.717) is 42.7 Å². The Morgan fingerprint density at radius 1 is 1.12 bits per heavy atom. The molecule has 3 aliphatic heterocycles. The van der Waals surface area contributed by atoms with Gasteiger partial charge >= 0.3 is 5.97 Å². The molecule has 2 saturated heterocycles. The number of esters is 1. The summed E-state index contributed by atoms with van der Waals surface area (Å²) in [7, 11) is 0. The number of benzene rings is 1. The maximum absolute atomic E-state index is 11.9. The number of nitrogens with zero attached hydrogens (tertiary/aromatic N) is 5. The van der Waals surface area contributed by atoms with E-state index in [1.165, 1.54) is 0 Å². The molecule has 0 spiro atoms. The number of carbonyl (C=O) groups is 1. The molecule has 5 rings (SSSR count). The largest absolute Gasteiger partial charge is 0.426 e. The molecule has 182 valence electrons. The molecule has 0 bridgehead atoms. The fraction of sp³-hybridized carbons (Fsp3) is 0.545. The third-order valence-electron chi connectivity index (χ3n) is 6.60. The predicted octanol–water partition coefficient (Wildman–Crippen LogP) is 0.131. The van der Waals surface area contributed by atoms with Crippen molar-refractivity contribution in [1.29, 1.82) is 0 Å². The van der Waals surface area contributed by atoms with Crippen molar-refractivity contribution in [2.45, 2.75) is 56.5 Å².